The van der Waals surface area contributed by atoms with Crippen LogP contribution < -0.4 is 5.32 Å². The number of H-pyrrole nitrogens is 1. The van der Waals surface area contributed by atoms with Crippen molar-refractivity contribution in [3.63, 3.8) is 0 Å². The molecule has 0 aliphatic carbocycles. The van der Waals surface area contributed by atoms with Crippen molar-refractivity contribution in [1.29, 1.82) is 0 Å². The van der Waals surface area contributed by atoms with E-state index in [9.17, 15) is 10.1 Å². The van der Waals surface area contributed by atoms with Crippen molar-refractivity contribution in [2.24, 2.45) is 0 Å². The third-order valence-corrected chi connectivity index (χ3v) is 4.42. The first kappa shape index (κ1) is 13.9. The molecule has 7 nitrogen and oxygen atoms in total. The van der Waals surface area contributed by atoms with Crippen molar-refractivity contribution in [1.82, 2.24) is 15.0 Å². The molecule has 0 fully saturated rings. The summed E-state index contributed by atoms with van der Waals surface area (Å²) in [4.78, 5) is 22.3. The van der Waals surface area contributed by atoms with Crippen LogP contribution in [0.2, 0.25) is 5.02 Å². The minimum absolute atomic E-state index is 0.0473. The maximum Gasteiger partial charge on any atom is 0.270 e. The van der Waals surface area contributed by atoms with Crippen LogP contribution in [-0.4, -0.2) is 19.9 Å². The Hall–Kier alpha value is -2.71. The lowest BCUT2D eigenvalue weighted by molar-refractivity contribution is -0.384. The predicted molar refractivity (Wildman–Crippen MR) is 90.7 cm³/mol. The van der Waals surface area contributed by atoms with Crippen molar-refractivity contribution >= 4 is 61.0 Å². The normalized spacial score (nSPS) is 11.2. The molecule has 114 valence electrons. The standard InChI is InChI=1S/C14H8ClN5O2S/c15-7-1-3-9-11(5-7)17-13(16-9)19-14-18-10-4-2-8(20(21)22)6-12(10)23-14/h1-6H,(H2,16,17,18,19). The SMILES string of the molecule is O=[N+]([O-])c1ccc2nc(Nc3nc4ccc(Cl)cc4[nH]3)sc2c1. The molecule has 0 bridgehead atoms. The second-order valence-electron chi connectivity index (χ2n) is 4.80. The Morgan fingerprint density at radius 1 is 1.17 bits per heavy atom. The zero-order chi connectivity index (χ0) is 16.0. The second kappa shape index (κ2) is 5.18. The highest BCUT2D eigenvalue weighted by Crippen LogP contribution is 2.31. The molecule has 4 rings (SSSR count). The summed E-state index contributed by atoms with van der Waals surface area (Å²) in [5.41, 5.74) is 2.35. The highest BCUT2D eigenvalue weighted by molar-refractivity contribution is 7.22. The van der Waals surface area contributed by atoms with Gasteiger partial charge in [0, 0.05) is 17.2 Å². The number of benzene rings is 2. The fraction of sp³-hybridized carbons (Fsp3) is 0. The molecule has 23 heavy (non-hydrogen) atoms. The molecule has 2 aromatic carbocycles. The Labute approximate surface area is 138 Å². The molecule has 4 aromatic rings. The molecule has 0 aliphatic heterocycles. The number of non-ortho nitro benzene ring substituents is 1. The van der Waals surface area contributed by atoms with Crippen LogP contribution in [0.1, 0.15) is 0 Å². The highest BCUT2D eigenvalue weighted by atomic mass is 35.5. The van der Waals surface area contributed by atoms with Crippen molar-refractivity contribution in [2.75, 3.05) is 5.32 Å². The summed E-state index contributed by atoms with van der Waals surface area (Å²) in [7, 11) is 0. The quantitative estimate of drug-likeness (QED) is 0.421. The molecule has 0 atom stereocenters. The van der Waals surface area contributed by atoms with Gasteiger partial charge >= 0.3 is 0 Å². The smallest absolute Gasteiger partial charge is 0.270 e. The average molecular weight is 346 g/mol. The Morgan fingerprint density at radius 3 is 2.83 bits per heavy atom. The molecular formula is C14H8ClN5O2S. The number of anilines is 2. The van der Waals surface area contributed by atoms with Gasteiger partial charge in [-0.15, -0.1) is 0 Å². The second-order valence-corrected chi connectivity index (χ2v) is 6.27. The number of rotatable bonds is 3. The average Bonchev–Trinajstić information content (AvgIpc) is 3.08. The third-order valence-electron chi connectivity index (χ3n) is 3.25. The maximum atomic E-state index is 10.8. The van der Waals surface area contributed by atoms with Gasteiger partial charge < -0.3 is 10.3 Å². The zero-order valence-corrected chi connectivity index (χ0v) is 13.0. The van der Waals surface area contributed by atoms with E-state index in [0.717, 1.165) is 15.7 Å². The van der Waals surface area contributed by atoms with E-state index in [1.165, 1.54) is 23.5 Å². The van der Waals surface area contributed by atoms with Gasteiger partial charge in [0.05, 0.1) is 26.2 Å². The van der Waals surface area contributed by atoms with E-state index in [-0.39, 0.29) is 5.69 Å². The number of nitrogens with one attached hydrogen (secondary N) is 2. The lowest BCUT2D eigenvalue weighted by atomic mass is 10.3. The fourth-order valence-electron chi connectivity index (χ4n) is 2.22. The summed E-state index contributed by atoms with van der Waals surface area (Å²) in [6.07, 6.45) is 0. The van der Waals surface area contributed by atoms with Gasteiger partial charge in [0.1, 0.15) is 0 Å². The van der Waals surface area contributed by atoms with E-state index < -0.39 is 4.92 Å². The lowest BCUT2D eigenvalue weighted by Crippen LogP contribution is -1.90. The summed E-state index contributed by atoms with van der Waals surface area (Å²) in [5.74, 6) is 0.538. The van der Waals surface area contributed by atoms with Crippen LogP contribution in [-0.2, 0) is 0 Å². The van der Waals surface area contributed by atoms with Gasteiger partial charge in [0.2, 0.25) is 5.95 Å². The summed E-state index contributed by atoms with van der Waals surface area (Å²) in [6, 6.07) is 9.96. The van der Waals surface area contributed by atoms with Crippen LogP contribution in [0.5, 0.6) is 0 Å². The van der Waals surface area contributed by atoms with E-state index >= 15 is 0 Å². The fourth-order valence-corrected chi connectivity index (χ4v) is 3.29. The van der Waals surface area contributed by atoms with Crippen LogP contribution in [0.15, 0.2) is 36.4 Å². The molecule has 0 radical (unpaired) electrons. The van der Waals surface area contributed by atoms with Gasteiger partial charge in [0.25, 0.3) is 5.69 Å². The van der Waals surface area contributed by atoms with E-state index in [2.05, 4.69) is 20.3 Å². The number of hydrogen-bond donors (Lipinski definition) is 2. The van der Waals surface area contributed by atoms with Crippen molar-refractivity contribution in [3.05, 3.63) is 51.5 Å². The van der Waals surface area contributed by atoms with Crippen LogP contribution in [0.4, 0.5) is 16.8 Å². The molecule has 0 amide bonds. The number of halogens is 1. The Bertz CT molecular complexity index is 1060. The van der Waals surface area contributed by atoms with E-state index in [0.29, 0.717) is 21.6 Å². The van der Waals surface area contributed by atoms with Gasteiger partial charge in [-0.2, -0.15) is 0 Å². The summed E-state index contributed by atoms with van der Waals surface area (Å²) in [6.45, 7) is 0. The van der Waals surface area contributed by atoms with Gasteiger partial charge in [-0.1, -0.05) is 22.9 Å². The number of fused-ring (bicyclic) bond motifs is 2. The van der Waals surface area contributed by atoms with Crippen LogP contribution in [0.25, 0.3) is 21.3 Å². The molecule has 0 spiro atoms. The number of nitrogens with zero attached hydrogens (tertiary/aromatic N) is 3. The number of thiazole rings is 1. The minimum atomic E-state index is -0.421. The van der Waals surface area contributed by atoms with Crippen LogP contribution >= 0.6 is 22.9 Å². The van der Waals surface area contributed by atoms with Gasteiger partial charge in [-0.25, -0.2) is 9.97 Å². The lowest BCUT2D eigenvalue weighted by Gasteiger charge is -1.94. The predicted octanol–water partition coefficient (Wildman–Crippen LogP) is 4.48. The zero-order valence-electron chi connectivity index (χ0n) is 11.4. The Balaban J connectivity index is 1.69. The molecule has 0 saturated heterocycles. The molecular weight excluding hydrogens is 338 g/mol. The molecule has 2 aromatic heterocycles. The Morgan fingerprint density at radius 2 is 2.00 bits per heavy atom. The Kier molecular flexibility index (Phi) is 3.14. The van der Waals surface area contributed by atoms with E-state index in [4.69, 9.17) is 11.6 Å². The van der Waals surface area contributed by atoms with E-state index in [1.807, 2.05) is 6.07 Å². The van der Waals surface area contributed by atoms with Crippen LogP contribution in [0.3, 0.4) is 0 Å². The van der Waals surface area contributed by atoms with Gasteiger partial charge in [-0.05, 0) is 24.3 Å². The topological polar surface area (TPSA) is 96.7 Å². The maximum absolute atomic E-state index is 10.8. The first-order chi connectivity index (χ1) is 11.1. The molecule has 9 heteroatoms. The number of hydrogen-bond acceptors (Lipinski definition) is 6. The number of imidazole rings is 1. The van der Waals surface area contributed by atoms with Crippen molar-refractivity contribution < 1.29 is 4.92 Å². The summed E-state index contributed by atoms with van der Waals surface area (Å²) < 4.78 is 0.737. The number of aromatic amines is 1. The largest absolute Gasteiger partial charge is 0.324 e. The minimum Gasteiger partial charge on any atom is -0.324 e. The number of aromatic nitrogens is 3. The third kappa shape index (κ3) is 2.58. The van der Waals surface area contributed by atoms with Crippen LogP contribution in [0, 0.1) is 10.1 Å². The monoisotopic (exact) mass is 345 g/mol. The summed E-state index contributed by atoms with van der Waals surface area (Å²) >= 11 is 7.27. The first-order valence-electron chi connectivity index (χ1n) is 6.56. The first-order valence-corrected chi connectivity index (χ1v) is 7.75. The summed E-state index contributed by atoms with van der Waals surface area (Å²) in [5, 5.41) is 15.1. The molecule has 2 heterocycles. The molecule has 0 unspecified atom stereocenters. The molecule has 2 N–H and O–H groups in total. The molecule has 0 saturated carbocycles. The van der Waals surface area contributed by atoms with Gasteiger partial charge in [0.15, 0.2) is 5.13 Å². The van der Waals surface area contributed by atoms with Crippen molar-refractivity contribution in [3.8, 4) is 0 Å². The number of nitro groups is 1. The van der Waals surface area contributed by atoms with E-state index in [1.54, 1.807) is 18.2 Å². The molecule has 0 aliphatic rings. The van der Waals surface area contributed by atoms with Crippen molar-refractivity contribution in [2.45, 2.75) is 0 Å². The number of nitro benzene ring substituents is 1. The highest BCUT2D eigenvalue weighted by Gasteiger charge is 2.11. The van der Waals surface area contributed by atoms with Gasteiger partial charge in [-0.3, -0.25) is 10.1 Å².